The molecule has 0 bridgehead atoms. The molecule has 1 atom stereocenters. The quantitative estimate of drug-likeness (QED) is 0.353. The highest BCUT2D eigenvalue weighted by Crippen LogP contribution is 2.28. The molecule has 4 aromatic carbocycles. The lowest BCUT2D eigenvalue weighted by Crippen LogP contribution is -2.23. The molecule has 0 amide bonds. The molecule has 30 heavy (non-hydrogen) atoms. The predicted octanol–water partition coefficient (Wildman–Crippen LogP) is 6.14. The third-order valence-electron chi connectivity index (χ3n) is 5.04. The SMILES string of the molecule is O=C(O)C(Cc1ccc(Br)c2ccccc12)N=C(c1ccccc1)c1ccccc1. The predicted molar refractivity (Wildman–Crippen MR) is 125 cm³/mol. The zero-order chi connectivity index (χ0) is 20.9. The summed E-state index contributed by atoms with van der Waals surface area (Å²) in [6, 6.07) is 30.5. The van der Waals surface area contributed by atoms with Gasteiger partial charge in [-0.15, -0.1) is 0 Å². The number of carbonyl (C=O) groups is 1. The molecule has 1 unspecified atom stereocenters. The highest BCUT2D eigenvalue weighted by atomic mass is 79.9. The Hall–Kier alpha value is -3.24. The Balaban J connectivity index is 1.80. The topological polar surface area (TPSA) is 49.7 Å². The van der Waals surface area contributed by atoms with Crippen LogP contribution >= 0.6 is 15.9 Å². The van der Waals surface area contributed by atoms with Crippen molar-refractivity contribution in [2.24, 2.45) is 4.99 Å². The van der Waals surface area contributed by atoms with Crippen LogP contribution in [0.5, 0.6) is 0 Å². The molecule has 0 aliphatic carbocycles. The molecule has 0 radical (unpaired) electrons. The Morgan fingerprint density at radius 1 is 0.767 bits per heavy atom. The Kier molecular flexibility index (Phi) is 6.05. The van der Waals surface area contributed by atoms with Crippen molar-refractivity contribution in [3.8, 4) is 0 Å². The summed E-state index contributed by atoms with van der Waals surface area (Å²) in [5.41, 5.74) is 3.45. The lowest BCUT2D eigenvalue weighted by molar-refractivity contribution is -0.138. The van der Waals surface area contributed by atoms with Crippen LogP contribution in [0.3, 0.4) is 0 Å². The normalized spacial score (nSPS) is 11.8. The molecule has 0 aromatic heterocycles. The number of aliphatic imine (C=N–C) groups is 1. The van der Waals surface area contributed by atoms with Crippen LogP contribution in [0.4, 0.5) is 0 Å². The number of hydrogen-bond donors (Lipinski definition) is 1. The number of carboxylic acids is 1. The van der Waals surface area contributed by atoms with Gasteiger partial charge in [0.05, 0.1) is 5.71 Å². The number of halogens is 1. The van der Waals surface area contributed by atoms with Crippen molar-refractivity contribution in [2.75, 3.05) is 0 Å². The van der Waals surface area contributed by atoms with E-state index in [-0.39, 0.29) is 0 Å². The van der Waals surface area contributed by atoms with Crippen molar-refractivity contribution in [2.45, 2.75) is 12.5 Å². The lowest BCUT2D eigenvalue weighted by Gasteiger charge is -2.15. The Bertz CT molecular complexity index is 1160. The Labute approximate surface area is 183 Å². The van der Waals surface area contributed by atoms with E-state index in [1.54, 1.807) is 0 Å². The minimum Gasteiger partial charge on any atom is -0.480 e. The smallest absolute Gasteiger partial charge is 0.328 e. The summed E-state index contributed by atoms with van der Waals surface area (Å²) in [5, 5.41) is 12.1. The Morgan fingerprint density at radius 3 is 1.87 bits per heavy atom. The molecule has 0 saturated heterocycles. The van der Waals surface area contributed by atoms with E-state index in [0.29, 0.717) is 12.1 Å². The van der Waals surface area contributed by atoms with Gasteiger partial charge in [0.25, 0.3) is 0 Å². The second kappa shape index (κ2) is 9.06. The summed E-state index contributed by atoms with van der Waals surface area (Å²) in [7, 11) is 0. The largest absolute Gasteiger partial charge is 0.480 e. The first-order valence-corrected chi connectivity index (χ1v) is 10.5. The number of carboxylic acid groups (broad SMARTS) is 1. The van der Waals surface area contributed by atoms with Gasteiger partial charge < -0.3 is 5.11 Å². The molecule has 3 nitrogen and oxygen atoms in total. The second-order valence-electron chi connectivity index (χ2n) is 7.02. The van der Waals surface area contributed by atoms with Crippen LogP contribution < -0.4 is 0 Å². The molecule has 0 aliphatic rings. The average Bonchev–Trinajstić information content (AvgIpc) is 2.79. The average molecular weight is 458 g/mol. The second-order valence-corrected chi connectivity index (χ2v) is 7.87. The van der Waals surface area contributed by atoms with Gasteiger partial charge in [-0.05, 0) is 22.4 Å². The molecule has 0 heterocycles. The van der Waals surface area contributed by atoms with Crippen molar-refractivity contribution in [1.82, 2.24) is 0 Å². The number of rotatable bonds is 6. The fourth-order valence-corrected chi connectivity index (χ4v) is 4.04. The first-order valence-electron chi connectivity index (χ1n) is 9.71. The Morgan fingerprint density at radius 2 is 1.30 bits per heavy atom. The van der Waals surface area contributed by atoms with Gasteiger partial charge in [-0.3, -0.25) is 4.99 Å². The maximum atomic E-state index is 12.2. The zero-order valence-corrected chi connectivity index (χ0v) is 17.8. The van der Waals surface area contributed by atoms with Gasteiger partial charge in [-0.2, -0.15) is 0 Å². The first-order chi connectivity index (χ1) is 14.6. The van der Waals surface area contributed by atoms with E-state index in [4.69, 9.17) is 4.99 Å². The van der Waals surface area contributed by atoms with Crippen molar-refractivity contribution >= 4 is 38.4 Å². The van der Waals surface area contributed by atoms with Crippen molar-refractivity contribution in [3.05, 3.63) is 118 Å². The van der Waals surface area contributed by atoms with Gasteiger partial charge in [-0.25, -0.2) is 4.79 Å². The number of fused-ring (bicyclic) bond motifs is 1. The summed E-state index contributed by atoms with van der Waals surface area (Å²) >= 11 is 3.58. The molecule has 148 valence electrons. The molecule has 4 heteroatoms. The fourth-order valence-electron chi connectivity index (χ4n) is 3.56. The van der Waals surface area contributed by atoms with Gasteiger partial charge in [0, 0.05) is 22.0 Å². The molecule has 4 aromatic rings. The monoisotopic (exact) mass is 457 g/mol. The van der Waals surface area contributed by atoms with E-state index in [2.05, 4.69) is 15.9 Å². The van der Waals surface area contributed by atoms with Crippen LogP contribution in [0.2, 0.25) is 0 Å². The van der Waals surface area contributed by atoms with Crippen LogP contribution in [0.1, 0.15) is 16.7 Å². The van der Waals surface area contributed by atoms with Crippen LogP contribution in [0.15, 0.2) is 107 Å². The van der Waals surface area contributed by atoms with Gasteiger partial charge >= 0.3 is 5.97 Å². The van der Waals surface area contributed by atoms with Crippen molar-refractivity contribution < 1.29 is 9.90 Å². The summed E-state index contributed by atoms with van der Waals surface area (Å²) in [5.74, 6) is -0.939. The van der Waals surface area contributed by atoms with Crippen LogP contribution in [-0.2, 0) is 11.2 Å². The minimum atomic E-state index is -0.939. The highest BCUT2D eigenvalue weighted by molar-refractivity contribution is 9.10. The molecular formula is C26H20BrNO2. The van der Waals surface area contributed by atoms with Crippen LogP contribution in [0, 0.1) is 0 Å². The van der Waals surface area contributed by atoms with Gasteiger partial charge in [0.15, 0.2) is 6.04 Å². The number of benzene rings is 4. The molecule has 4 rings (SSSR count). The minimum absolute atomic E-state index is 0.312. The maximum Gasteiger partial charge on any atom is 0.328 e. The van der Waals surface area contributed by atoms with E-state index in [1.807, 2.05) is 97.1 Å². The first kappa shape index (κ1) is 20.0. The fraction of sp³-hybridized carbons (Fsp3) is 0.0769. The third kappa shape index (κ3) is 4.34. The number of aliphatic carboxylic acids is 1. The van der Waals surface area contributed by atoms with E-state index in [9.17, 15) is 9.90 Å². The summed E-state index contributed by atoms with van der Waals surface area (Å²) in [6.45, 7) is 0. The molecular weight excluding hydrogens is 438 g/mol. The number of hydrogen-bond acceptors (Lipinski definition) is 2. The molecule has 0 fully saturated rings. The van der Waals surface area contributed by atoms with E-state index < -0.39 is 12.0 Å². The number of nitrogens with zero attached hydrogens (tertiary/aromatic N) is 1. The lowest BCUT2D eigenvalue weighted by atomic mass is 9.97. The molecule has 0 saturated carbocycles. The van der Waals surface area contributed by atoms with Gasteiger partial charge in [0.1, 0.15) is 0 Å². The zero-order valence-electron chi connectivity index (χ0n) is 16.2. The van der Waals surface area contributed by atoms with Gasteiger partial charge in [-0.1, -0.05) is 107 Å². The standard InChI is InChI=1S/C26H20BrNO2/c27-23-16-15-20(21-13-7-8-14-22(21)23)17-24(26(29)30)28-25(18-9-3-1-4-10-18)19-11-5-2-6-12-19/h1-16,24H,17H2,(H,29,30). The molecule has 0 spiro atoms. The third-order valence-corrected chi connectivity index (χ3v) is 5.73. The van der Waals surface area contributed by atoms with E-state index >= 15 is 0 Å². The summed E-state index contributed by atoms with van der Waals surface area (Å²) < 4.78 is 0.992. The van der Waals surface area contributed by atoms with Gasteiger partial charge in [0.2, 0.25) is 0 Å². The van der Waals surface area contributed by atoms with Crippen molar-refractivity contribution in [1.29, 1.82) is 0 Å². The molecule has 0 aliphatic heterocycles. The maximum absolute atomic E-state index is 12.2. The molecule has 1 N–H and O–H groups in total. The van der Waals surface area contributed by atoms with E-state index in [0.717, 1.165) is 31.9 Å². The van der Waals surface area contributed by atoms with Crippen LogP contribution in [0.25, 0.3) is 10.8 Å². The summed E-state index contributed by atoms with van der Waals surface area (Å²) in [6.07, 6.45) is 0.312. The van der Waals surface area contributed by atoms with Crippen molar-refractivity contribution in [3.63, 3.8) is 0 Å². The van der Waals surface area contributed by atoms with E-state index in [1.165, 1.54) is 0 Å². The van der Waals surface area contributed by atoms with Crippen LogP contribution in [-0.4, -0.2) is 22.8 Å². The summed E-state index contributed by atoms with van der Waals surface area (Å²) in [4.78, 5) is 16.9. The highest BCUT2D eigenvalue weighted by Gasteiger charge is 2.20.